The van der Waals surface area contributed by atoms with Crippen molar-refractivity contribution in [3.8, 4) is 11.1 Å². The normalized spacial score (nSPS) is 21.1. The van der Waals surface area contributed by atoms with Gasteiger partial charge in [-0.3, -0.25) is 4.79 Å². The van der Waals surface area contributed by atoms with Crippen molar-refractivity contribution in [1.82, 2.24) is 4.90 Å². The van der Waals surface area contributed by atoms with E-state index in [0.29, 0.717) is 0 Å². The maximum absolute atomic E-state index is 13.1. The van der Waals surface area contributed by atoms with Crippen LogP contribution >= 0.6 is 0 Å². The zero-order valence-electron chi connectivity index (χ0n) is 15.9. The molecule has 1 aliphatic carbocycles. The summed E-state index contributed by atoms with van der Waals surface area (Å²) in [6.07, 6.45) is -5.86. The van der Waals surface area contributed by atoms with Crippen LogP contribution in [0.1, 0.15) is 23.5 Å². The first kappa shape index (κ1) is 20.3. The lowest BCUT2D eigenvalue weighted by Gasteiger charge is -2.36. The number of likely N-dealkylation sites (tertiary alicyclic amines) is 1. The summed E-state index contributed by atoms with van der Waals surface area (Å²) >= 11 is 0. The predicted molar refractivity (Wildman–Crippen MR) is 102 cm³/mol. The molecule has 1 saturated heterocycles. The van der Waals surface area contributed by atoms with Crippen molar-refractivity contribution in [1.29, 1.82) is 0 Å². The molecule has 30 heavy (non-hydrogen) atoms. The fraction of sp³-hybridized carbons (Fsp3) is 0.364. The Balaban J connectivity index is 1.46. The number of hydrogen-bond acceptors (Lipinski definition) is 3. The molecule has 1 heterocycles. The second-order valence-corrected chi connectivity index (χ2v) is 7.63. The average Bonchev–Trinajstić information content (AvgIpc) is 3.04. The number of carbonyl (C=O) groups excluding carboxylic acids is 1. The van der Waals surface area contributed by atoms with Crippen LogP contribution in [0.15, 0.2) is 48.5 Å². The van der Waals surface area contributed by atoms with Gasteiger partial charge in [0.25, 0.3) is 0 Å². The second kappa shape index (κ2) is 7.66. The maximum Gasteiger partial charge on any atom is 0.409 e. The number of nitrogens with zero attached hydrogens (tertiary/aromatic N) is 1. The Morgan fingerprint density at radius 1 is 1.03 bits per heavy atom. The summed E-state index contributed by atoms with van der Waals surface area (Å²) in [6.45, 7) is -0.676. The molecule has 8 heteroatoms. The average molecular weight is 419 g/mol. The van der Waals surface area contributed by atoms with Crippen LogP contribution in [-0.4, -0.2) is 47.9 Å². The lowest BCUT2D eigenvalue weighted by Crippen LogP contribution is -2.50. The number of hydrogen-bond donors (Lipinski definition) is 1. The van der Waals surface area contributed by atoms with Crippen LogP contribution in [0.2, 0.25) is 0 Å². The number of amides is 1. The van der Waals surface area contributed by atoms with Crippen molar-refractivity contribution in [2.24, 2.45) is 11.8 Å². The summed E-state index contributed by atoms with van der Waals surface area (Å²) < 4.78 is 44.8. The van der Waals surface area contributed by atoms with Crippen LogP contribution in [-0.2, 0) is 9.53 Å². The van der Waals surface area contributed by atoms with E-state index >= 15 is 0 Å². The zero-order valence-corrected chi connectivity index (χ0v) is 15.9. The molecule has 1 fully saturated rings. The van der Waals surface area contributed by atoms with E-state index < -0.39 is 43.0 Å². The SMILES string of the molecule is O=C(O)[C@@H]1CN(C(=O)OCC2c3ccccc3-c3ccccc32)CC[C@H]1C(F)(F)F. The molecule has 2 atom stereocenters. The highest BCUT2D eigenvalue weighted by atomic mass is 19.4. The molecule has 0 radical (unpaired) electrons. The molecule has 0 spiro atoms. The van der Waals surface area contributed by atoms with E-state index in [9.17, 15) is 27.9 Å². The summed E-state index contributed by atoms with van der Waals surface area (Å²) in [5.41, 5.74) is 4.16. The fourth-order valence-corrected chi connectivity index (χ4v) is 4.45. The van der Waals surface area contributed by atoms with Gasteiger partial charge in [-0.2, -0.15) is 13.2 Å². The number of ether oxygens (including phenoxy) is 1. The molecule has 0 aromatic heterocycles. The predicted octanol–water partition coefficient (Wildman–Crippen LogP) is 4.52. The summed E-state index contributed by atoms with van der Waals surface area (Å²) in [5, 5.41) is 9.21. The van der Waals surface area contributed by atoms with Crippen molar-refractivity contribution in [3.05, 3.63) is 59.7 Å². The van der Waals surface area contributed by atoms with Gasteiger partial charge in [-0.15, -0.1) is 0 Å². The molecule has 1 amide bonds. The molecule has 2 aliphatic rings. The molecular weight excluding hydrogens is 399 g/mol. The topological polar surface area (TPSA) is 66.8 Å². The minimum absolute atomic E-state index is 0.0315. The Morgan fingerprint density at radius 2 is 1.60 bits per heavy atom. The molecule has 0 unspecified atom stereocenters. The van der Waals surface area contributed by atoms with E-state index in [0.717, 1.165) is 27.2 Å². The van der Waals surface area contributed by atoms with Gasteiger partial charge in [0.2, 0.25) is 0 Å². The molecule has 1 aliphatic heterocycles. The molecule has 2 aromatic rings. The number of rotatable bonds is 3. The number of aliphatic carboxylic acids is 1. The first-order chi connectivity index (χ1) is 14.3. The third-order valence-corrected chi connectivity index (χ3v) is 5.94. The van der Waals surface area contributed by atoms with Gasteiger partial charge in [-0.25, -0.2) is 4.79 Å². The van der Waals surface area contributed by atoms with E-state index in [2.05, 4.69) is 0 Å². The molecule has 0 saturated carbocycles. The highest BCUT2D eigenvalue weighted by Gasteiger charge is 2.50. The standard InChI is InChI=1S/C22H20F3NO4/c23-22(24,25)19-9-10-26(11-17(19)20(27)28)21(29)30-12-18-15-7-3-1-5-13(15)14-6-2-4-8-16(14)18/h1-8,17-19H,9-12H2,(H,27,28)/t17-,19-/m1/s1. The van der Waals surface area contributed by atoms with Crippen LogP contribution in [0.3, 0.4) is 0 Å². The molecule has 158 valence electrons. The Kier molecular flexibility index (Phi) is 5.17. The van der Waals surface area contributed by atoms with Crippen molar-refractivity contribution >= 4 is 12.1 Å². The Hall–Kier alpha value is -3.03. The monoisotopic (exact) mass is 419 g/mol. The Morgan fingerprint density at radius 3 is 2.13 bits per heavy atom. The third-order valence-electron chi connectivity index (χ3n) is 5.94. The van der Waals surface area contributed by atoms with E-state index in [4.69, 9.17) is 4.74 Å². The largest absolute Gasteiger partial charge is 0.481 e. The van der Waals surface area contributed by atoms with E-state index in [1.54, 1.807) is 0 Å². The second-order valence-electron chi connectivity index (χ2n) is 7.63. The highest BCUT2D eigenvalue weighted by molar-refractivity contribution is 5.79. The molecule has 1 N–H and O–H groups in total. The molecular formula is C22H20F3NO4. The van der Waals surface area contributed by atoms with E-state index in [1.807, 2.05) is 48.5 Å². The third kappa shape index (κ3) is 3.62. The van der Waals surface area contributed by atoms with Crippen LogP contribution in [0, 0.1) is 11.8 Å². The van der Waals surface area contributed by atoms with Crippen LogP contribution in [0.5, 0.6) is 0 Å². The maximum atomic E-state index is 13.1. The summed E-state index contributed by atoms with van der Waals surface area (Å²) in [7, 11) is 0. The summed E-state index contributed by atoms with van der Waals surface area (Å²) in [5.74, 6) is -5.40. The van der Waals surface area contributed by atoms with Crippen molar-refractivity contribution in [2.45, 2.75) is 18.5 Å². The van der Waals surface area contributed by atoms with Crippen molar-refractivity contribution in [3.63, 3.8) is 0 Å². The number of halogens is 3. The number of fused-ring (bicyclic) bond motifs is 3. The van der Waals surface area contributed by atoms with Gasteiger partial charge in [0.15, 0.2) is 0 Å². The minimum Gasteiger partial charge on any atom is -0.481 e. The summed E-state index contributed by atoms with van der Waals surface area (Å²) in [6, 6.07) is 15.6. The van der Waals surface area contributed by atoms with Gasteiger partial charge < -0.3 is 14.7 Å². The Bertz CT molecular complexity index is 929. The lowest BCUT2D eigenvalue weighted by molar-refractivity contribution is -0.205. The summed E-state index contributed by atoms with van der Waals surface area (Å²) in [4.78, 5) is 24.9. The van der Waals surface area contributed by atoms with Crippen LogP contribution < -0.4 is 0 Å². The molecule has 5 nitrogen and oxygen atoms in total. The highest BCUT2D eigenvalue weighted by Crippen LogP contribution is 2.44. The number of piperidine rings is 1. The van der Waals surface area contributed by atoms with Gasteiger partial charge >= 0.3 is 18.2 Å². The molecule has 0 bridgehead atoms. The molecule has 2 aromatic carbocycles. The van der Waals surface area contributed by atoms with Gasteiger partial charge in [-0.1, -0.05) is 48.5 Å². The lowest BCUT2D eigenvalue weighted by atomic mass is 9.85. The van der Waals surface area contributed by atoms with Gasteiger partial charge in [0.05, 0.1) is 11.8 Å². The van der Waals surface area contributed by atoms with Crippen molar-refractivity contribution < 1.29 is 32.6 Å². The number of alkyl halides is 3. The number of benzene rings is 2. The first-order valence-corrected chi connectivity index (χ1v) is 9.67. The zero-order chi connectivity index (χ0) is 21.5. The quantitative estimate of drug-likeness (QED) is 0.795. The smallest absolute Gasteiger partial charge is 0.409 e. The van der Waals surface area contributed by atoms with Gasteiger partial charge in [0, 0.05) is 19.0 Å². The van der Waals surface area contributed by atoms with Gasteiger partial charge in [-0.05, 0) is 28.7 Å². The minimum atomic E-state index is -4.61. The number of carboxylic acid groups (broad SMARTS) is 1. The number of carbonyl (C=O) groups is 2. The van der Waals surface area contributed by atoms with Crippen LogP contribution in [0.4, 0.5) is 18.0 Å². The fourth-order valence-electron chi connectivity index (χ4n) is 4.45. The number of carboxylic acids is 1. The Labute approximate surface area is 171 Å². The first-order valence-electron chi connectivity index (χ1n) is 9.67. The van der Waals surface area contributed by atoms with Crippen molar-refractivity contribution in [2.75, 3.05) is 19.7 Å². The molecule has 4 rings (SSSR count). The van der Waals surface area contributed by atoms with Crippen LogP contribution in [0.25, 0.3) is 11.1 Å². The van der Waals surface area contributed by atoms with E-state index in [1.165, 1.54) is 0 Å². The van der Waals surface area contributed by atoms with E-state index in [-0.39, 0.29) is 19.1 Å². The van der Waals surface area contributed by atoms with Gasteiger partial charge in [0.1, 0.15) is 6.61 Å².